The van der Waals surface area contributed by atoms with Crippen LogP contribution in [0.1, 0.15) is 78.1 Å². The van der Waals surface area contributed by atoms with Crippen LogP contribution in [0.5, 0.6) is 5.75 Å². The largest absolute Gasteiger partial charge is 0.496 e. The minimum Gasteiger partial charge on any atom is -0.496 e. The SMILES string of the molecule is COc1ccc(C(C)(C)C)cc1CN[C@H]1[C@H](C(C)(C)C)[C@@H](C(=O)O)N(C(=O)C(OC)C(C)C)[C@H]1c1ccccc1. The van der Waals surface area contributed by atoms with Crippen LogP contribution in [0.3, 0.4) is 0 Å². The number of amides is 1. The van der Waals surface area contributed by atoms with Gasteiger partial charge in [0, 0.05) is 31.2 Å². The second-order valence-electron chi connectivity index (χ2n) is 13.4. The number of hydrogen-bond donors (Lipinski definition) is 2. The van der Waals surface area contributed by atoms with Crippen LogP contribution in [0.4, 0.5) is 0 Å². The van der Waals surface area contributed by atoms with Crippen molar-refractivity contribution in [1.82, 2.24) is 10.2 Å². The Morgan fingerprint density at radius 3 is 2.10 bits per heavy atom. The van der Waals surface area contributed by atoms with E-state index < -0.39 is 29.6 Å². The molecule has 1 saturated heterocycles. The van der Waals surface area contributed by atoms with Gasteiger partial charge in [-0.1, -0.05) is 97.9 Å². The second-order valence-corrected chi connectivity index (χ2v) is 13.4. The first kappa shape index (κ1) is 31.6. The Morgan fingerprint density at radius 2 is 1.62 bits per heavy atom. The summed E-state index contributed by atoms with van der Waals surface area (Å²) in [5, 5.41) is 14.4. The normalized spacial score (nSPS) is 22.4. The smallest absolute Gasteiger partial charge is 0.326 e. The summed E-state index contributed by atoms with van der Waals surface area (Å²) in [4.78, 5) is 28.8. The van der Waals surface area contributed by atoms with Gasteiger partial charge in [-0.3, -0.25) is 4.79 Å². The molecule has 3 rings (SSSR count). The fourth-order valence-electron chi connectivity index (χ4n) is 6.14. The molecule has 7 heteroatoms. The molecule has 2 aromatic rings. The van der Waals surface area contributed by atoms with Crippen molar-refractivity contribution in [2.45, 2.75) is 91.6 Å². The van der Waals surface area contributed by atoms with Crippen LogP contribution in [0, 0.1) is 17.3 Å². The van der Waals surface area contributed by atoms with Crippen molar-refractivity contribution in [3.63, 3.8) is 0 Å². The third-order valence-electron chi connectivity index (χ3n) is 8.09. The number of ether oxygens (including phenoxy) is 2. The summed E-state index contributed by atoms with van der Waals surface area (Å²) in [6.45, 7) is 17.0. The molecule has 220 valence electrons. The number of rotatable bonds is 9. The van der Waals surface area contributed by atoms with Crippen LogP contribution in [-0.2, 0) is 26.3 Å². The van der Waals surface area contributed by atoms with E-state index in [0.29, 0.717) is 6.54 Å². The van der Waals surface area contributed by atoms with Crippen molar-refractivity contribution < 1.29 is 24.2 Å². The molecule has 5 atom stereocenters. The number of likely N-dealkylation sites (tertiary alicyclic amines) is 1. The number of aliphatic carboxylic acids is 1. The molecule has 0 spiro atoms. The lowest BCUT2D eigenvalue weighted by Crippen LogP contribution is -2.51. The summed E-state index contributed by atoms with van der Waals surface area (Å²) >= 11 is 0. The molecular formula is C33H48N2O5. The maximum atomic E-state index is 14.2. The van der Waals surface area contributed by atoms with E-state index in [0.717, 1.165) is 16.9 Å². The Balaban J connectivity index is 2.18. The number of carbonyl (C=O) groups excluding carboxylic acids is 1. The van der Waals surface area contributed by atoms with Gasteiger partial charge in [0.2, 0.25) is 0 Å². The highest BCUT2D eigenvalue weighted by atomic mass is 16.5. The van der Waals surface area contributed by atoms with Crippen LogP contribution in [0.25, 0.3) is 0 Å². The van der Waals surface area contributed by atoms with E-state index in [1.54, 1.807) is 12.0 Å². The Labute approximate surface area is 240 Å². The maximum Gasteiger partial charge on any atom is 0.326 e. The van der Waals surface area contributed by atoms with Crippen molar-refractivity contribution in [1.29, 1.82) is 0 Å². The molecule has 1 amide bonds. The van der Waals surface area contributed by atoms with Gasteiger partial charge >= 0.3 is 5.97 Å². The first-order valence-corrected chi connectivity index (χ1v) is 14.2. The zero-order valence-electron chi connectivity index (χ0n) is 25.8. The number of carboxylic acid groups (broad SMARTS) is 1. The Morgan fingerprint density at radius 1 is 1.00 bits per heavy atom. The predicted octanol–water partition coefficient (Wildman–Crippen LogP) is 5.82. The van der Waals surface area contributed by atoms with E-state index in [2.05, 4.69) is 59.0 Å². The first-order chi connectivity index (χ1) is 18.6. The summed E-state index contributed by atoms with van der Waals surface area (Å²) in [6, 6.07) is 14.1. The van der Waals surface area contributed by atoms with Gasteiger partial charge < -0.3 is 24.8 Å². The highest BCUT2D eigenvalue weighted by Gasteiger charge is 2.58. The van der Waals surface area contributed by atoms with Crippen molar-refractivity contribution >= 4 is 11.9 Å². The van der Waals surface area contributed by atoms with Crippen molar-refractivity contribution in [3.05, 3.63) is 65.2 Å². The standard InChI is InChI=1S/C33H48N2O5/c1-20(2)29(40-10)30(36)35-27(21-14-12-11-13-15-21)26(25(33(6,7)8)28(35)31(37)38)34-19-22-18-23(32(3,4)5)16-17-24(22)39-9/h11-18,20,25-29,34H,19H2,1-10H3,(H,37,38)/t25-,26-,27-,28-,29?/m0/s1. The second kappa shape index (κ2) is 12.3. The Kier molecular flexibility index (Phi) is 9.74. The highest BCUT2D eigenvalue weighted by Crippen LogP contribution is 2.48. The lowest BCUT2D eigenvalue weighted by molar-refractivity contribution is -0.158. The predicted molar refractivity (Wildman–Crippen MR) is 158 cm³/mol. The minimum absolute atomic E-state index is 0.0431. The van der Waals surface area contributed by atoms with Gasteiger partial charge in [-0.15, -0.1) is 0 Å². The number of carbonyl (C=O) groups is 2. The van der Waals surface area contributed by atoms with E-state index in [9.17, 15) is 14.7 Å². The maximum absolute atomic E-state index is 14.2. The van der Waals surface area contributed by atoms with Gasteiger partial charge in [-0.25, -0.2) is 4.79 Å². The van der Waals surface area contributed by atoms with E-state index in [-0.39, 0.29) is 29.2 Å². The average Bonchev–Trinajstić information content (AvgIpc) is 3.23. The third-order valence-corrected chi connectivity index (χ3v) is 8.09. The highest BCUT2D eigenvalue weighted by molar-refractivity contribution is 5.88. The topological polar surface area (TPSA) is 88.1 Å². The van der Waals surface area contributed by atoms with Crippen LogP contribution < -0.4 is 10.1 Å². The molecule has 0 bridgehead atoms. The van der Waals surface area contributed by atoms with Gasteiger partial charge in [-0.05, 0) is 33.9 Å². The zero-order chi connectivity index (χ0) is 30.0. The van der Waals surface area contributed by atoms with Crippen LogP contribution in [0.2, 0.25) is 0 Å². The number of methoxy groups -OCH3 is 2. The summed E-state index contributed by atoms with van der Waals surface area (Å²) in [7, 11) is 3.17. The molecule has 0 aliphatic carbocycles. The molecule has 2 aromatic carbocycles. The van der Waals surface area contributed by atoms with Gasteiger partial charge in [0.05, 0.1) is 13.2 Å². The molecule has 1 aliphatic heterocycles. The fraction of sp³-hybridized carbons (Fsp3) is 0.576. The van der Waals surface area contributed by atoms with Crippen molar-refractivity contribution in [2.75, 3.05) is 14.2 Å². The molecule has 1 fully saturated rings. The van der Waals surface area contributed by atoms with Crippen LogP contribution in [-0.4, -0.2) is 54.3 Å². The molecular weight excluding hydrogens is 504 g/mol. The molecule has 1 unspecified atom stereocenters. The summed E-state index contributed by atoms with van der Waals surface area (Å²) < 4.78 is 11.3. The van der Waals surface area contributed by atoms with E-state index in [1.807, 2.05) is 50.2 Å². The van der Waals surface area contributed by atoms with Gasteiger partial charge in [0.1, 0.15) is 17.9 Å². The summed E-state index contributed by atoms with van der Waals surface area (Å²) in [5.41, 5.74) is 2.59. The molecule has 0 radical (unpaired) electrons. The molecule has 1 aliphatic rings. The monoisotopic (exact) mass is 552 g/mol. The van der Waals surface area contributed by atoms with Crippen LogP contribution in [0.15, 0.2) is 48.5 Å². The number of benzene rings is 2. The average molecular weight is 553 g/mol. The van der Waals surface area contributed by atoms with E-state index in [4.69, 9.17) is 9.47 Å². The summed E-state index contributed by atoms with van der Waals surface area (Å²) in [6.07, 6.45) is -0.754. The summed E-state index contributed by atoms with van der Waals surface area (Å²) in [5.74, 6) is -1.05. The Hall–Kier alpha value is -2.90. The van der Waals surface area contributed by atoms with Gasteiger partial charge in [-0.2, -0.15) is 0 Å². The quantitative estimate of drug-likeness (QED) is 0.408. The first-order valence-electron chi connectivity index (χ1n) is 14.2. The Bertz CT molecular complexity index is 1170. The van der Waals surface area contributed by atoms with Gasteiger partial charge in [0.15, 0.2) is 0 Å². The molecule has 2 N–H and O–H groups in total. The molecule has 0 saturated carbocycles. The van der Waals surface area contributed by atoms with Gasteiger partial charge in [0.25, 0.3) is 5.91 Å². The van der Waals surface area contributed by atoms with E-state index >= 15 is 0 Å². The number of hydrogen-bond acceptors (Lipinski definition) is 5. The molecule has 0 aromatic heterocycles. The fourth-order valence-corrected chi connectivity index (χ4v) is 6.14. The lowest BCUT2D eigenvalue weighted by atomic mass is 9.72. The zero-order valence-corrected chi connectivity index (χ0v) is 25.8. The molecule has 40 heavy (non-hydrogen) atoms. The lowest BCUT2D eigenvalue weighted by Gasteiger charge is -2.36. The number of nitrogens with one attached hydrogen (secondary N) is 1. The van der Waals surface area contributed by atoms with Crippen molar-refractivity contribution in [2.24, 2.45) is 17.3 Å². The van der Waals surface area contributed by atoms with Crippen molar-refractivity contribution in [3.8, 4) is 5.75 Å². The third kappa shape index (κ3) is 6.52. The van der Waals surface area contributed by atoms with Crippen LogP contribution >= 0.6 is 0 Å². The number of carboxylic acids is 1. The van der Waals surface area contributed by atoms with E-state index in [1.165, 1.54) is 12.7 Å². The molecule has 1 heterocycles. The number of nitrogens with zero attached hydrogens (tertiary/aromatic N) is 1. The molecule has 7 nitrogen and oxygen atoms in total. The minimum atomic E-state index is -1.03.